The minimum absolute atomic E-state index is 0.0342. The van der Waals surface area contributed by atoms with Crippen molar-refractivity contribution < 1.29 is 4.79 Å². The lowest BCUT2D eigenvalue weighted by Gasteiger charge is -2.35. The van der Waals surface area contributed by atoms with Gasteiger partial charge in [-0.05, 0) is 24.6 Å². The summed E-state index contributed by atoms with van der Waals surface area (Å²) in [5, 5.41) is 3.03. The normalized spacial score (nSPS) is 16.0. The van der Waals surface area contributed by atoms with Gasteiger partial charge in [-0.25, -0.2) is 9.78 Å². The number of carbonyl (C=O) groups is 1. The van der Waals surface area contributed by atoms with E-state index in [9.17, 15) is 4.79 Å². The quantitative estimate of drug-likeness (QED) is 0.929. The van der Waals surface area contributed by atoms with Crippen LogP contribution in [0.15, 0.2) is 43.1 Å². The predicted molar refractivity (Wildman–Crippen MR) is 87.0 cm³/mol. The molecule has 0 radical (unpaired) electrons. The molecule has 3 heterocycles. The Kier molecular flexibility index (Phi) is 4.65. The fourth-order valence-electron chi connectivity index (χ4n) is 2.61. The van der Waals surface area contributed by atoms with Crippen LogP contribution in [0.2, 0.25) is 0 Å². The van der Waals surface area contributed by atoms with E-state index in [1.54, 1.807) is 31.0 Å². The largest absolute Gasteiger partial charge is 0.352 e. The molecule has 1 fully saturated rings. The Morgan fingerprint density at radius 3 is 2.48 bits per heavy atom. The van der Waals surface area contributed by atoms with Crippen LogP contribution in [0.5, 0.6) is 0 Å². The van der Waals surface area contributed by atoms with Crippen LogP contribution in [0.3, 0.4) is 0 Å². The first kappa shape index (κ1) is 15.2. The van der Waals surface area contributed by atoms with Crippen LogP contribution >= 0.6 is 0 Å². The zero-order chi connectivity index (χ0) is 16.1. The zero-order valence-corrected chi connectivity index (χ0v) is 13.1. The smallest absolute Gasteiger partial charge is 0.317 e. The maximum absolute atomic E-state index is 12.4. The third kappa shape index (κ3) is 3.74. The minimum atomic E-state index is -0.0384. The van der Waals surface area contributed by atoms with Crippen LogP contribution < -0.4 is 10.2 Å². The van der Waals surface area contributed by atoms with Gasteiger partial charge in [-0.1, -0.05) is 0 Å². The van der Waals surface area contributed by atoms with E-state index in [1.165, 1.54) is 0 Å². The van der Waals surface area contributed by atoms with Crippen molar-refractivity contribution in [2.75, 3.05) is 31.1 Å². The third-order valence-electron chi connectivity index (χ3n) is 3.99. The van der Waals surface area contributed by atoms with Crippen molar-refractivity contribution >= 4 is 11.8 Å². The molecule has 23 heavy (non-hydrogen) atoms. The molecular weight excluding hydrogens is 292 g/mol. The molecule has 0 spiro atoms. The second kappa shape index (κ2) is 7.04. The average Bonchev–Trinajstić information content (AvgIpc) is 2.63. The molecule has 0 aliphatic carbocycles. The summed E-state index contributed by atoms with van der Waals surface area (Å²) in [6.07, 6.45) is 8.56. The molecule has 2 amide bonds. The number of nitrogens with zero attached hydrogens (tertiary/aromatic N) is 5. The summed E-state index contributed by atoms with van der Waals surface area (Å²) in [6, 6.07) is 3.75. The highest BCUT2D eigenvalue weighted by molar-refractivity contribution is 5.75. The minimum Gasteiger partial charge on any atom is -0.352 e. The van der Waals surface area contributed by atoms with E-state index >= 15 is 0 Å². The van der Waals surface area contributed by atoms with Gasteiger partial charge in [-0.15, -0.1) is 0 Å². The molecule has 1 atom stereocenters. The lowest BCUT2D eigenvalue weighted by atomic mass is 10.1. The van der Waals surface area contributed by atoms with Gasteiger partial charge in [0.1, 0.15) is 5.82 Å². The van der Waals surface area contributed by atoms with Crippen LogP contribution in [0.1, 0.15) is 18.5 Å². The Labute approximate surface area is 135 Å². The van der Waals surface area contributed by atoms with E-state index in [1.807, 2.05) is 24.0 Å². The monoisotopic (exact) mass is 312 g/mol. The highest BCUT2D eigenvalue weighted by Crippen LogP contribution is 2.14. The molecule has 3 rings (SSSR count). The van der Waals surface area contributed by atoms with Crippen LogP contribution in [-0.4, -0.2) is 52.1 Å². The van der Waals surface area contributed by atoms with Crippen molar-refractivity contribution in [2.24, 2.45) is 0 Å². The first-order chi connectivity index (χ1) is 11.2. The van der Waals surface area contributed by atoms with Crippen LogP contribution in [0.25, 0.3) is 0 Å². The third-order valence-corrected chi connectivity index (χ3v) is 3.99. The van der Waals surface area contributed by atoms with Crippen LogP contribution in [0.4, 0.5) is 10.6 Å². The number of carbonyl (C=O) groups excluding carboxylic acids is 1. The Hall–Kier alpha value is -2.70. The second-order valence-corrected chi connectivity index (χ2v) is 5.49. The number of urea groups is 1. The van der Waals surface area contributed by atoms with Gasteiger partial charge in [-0.3, -0.25) is 9.97 Å². The van der Waals surface area contributed by atoms with Gasteiger partial charge in [0.2, 0.25) is 0 Å². The van der Waals surface area contributed by atoms with Crippen LogP contribution in [-0.2, 0) is 0 Å². The molecule has 7 heteroatoms. The predicted octanol–water partition coefficient (Wildman–Crippen LogP) is 1.46. The lowest BCUT2D eigenvalue weighted by molar-refractivity contribution is 0.191. The molecule has 1 N–H and O–H groups in total. The molecule has 0 saturated carbocycles. The Bertz CT molecular complexity index is 628. The molecule has 1 aliphatic rings. The molecule has 7 nitrogen and oxygen atoms in total. The summed E-state index contributed by atoms with van der Waals surface area (Å²) in [4.78, 5) is 28.7. The van der Waals surface area contributed by atoms with Gasteiger partial charge in [-0.2, -0.15) is 0 Å². The molecule has 120 valence electrons. The average molecular weight is 312 g/mol. The van der Waals surface area contributed by atoms with Gasteiger partial charge in [0, 0.05) is 51.0 Å². The summed E-state index contributed by atoms with van der Waals surface area (Å²) in [6.45, 7) is 4.84. The molecule has 2 aromatic heterocycles. The number of rotatable bonds is 3. The molecule has 0 unspecified atom stereocenters. The number of pyridine rings is 1. The van der Waals surface area contributed by atoms with E-state index < -0.39 is 0 Å². The number of hydrogen-bond acceptors (Lipinski definition) is 5. The maximum Gasteiger partial charge on any atom is 0.317 e. The van der Waals surface area contributed by atoms with Crippen molar-refractivity contribution in [1.82, 2.24) is 25.2 Å². The van der Waals surface area contributed by atoms with E-state index in [0.29, 0.717) is 13.1 Å². The van der Waals surface area contributed by atoms with Gasteiger partial charge in [0.15, 0.2) is 0 Å². The SMILES string of the molecule is C[C@@H](NC(=O)N1CCN(c2cnccn2)CC1)c1ccncc1. The molecule has 2 aromatic rings. The number of piperazine rings is 1. The molecule has 0 bridgehead atoms. The van der Waals surface area contributed by atoms with Crippen molar-refractivity contribution in [2.45, 2.75) is 13.0 Å². The van der Waals surface area contributed by atoms with Gasteiger partial charge >= 0.3 is 6.03 Å². The fourth-order valence-corrected chi connectivity index (χ4v) is 2.61. The molecule has 0 aromatic carbocycles. The van der Waals surface area contributed by atoms with Crippen molar-refractivity contribution in [3.8, 4) is 0 Å². The van der Waals surface area contributed by atoms with Crippen LogP contribution in [0, 0.1) is 0 Å². The van der Waals surface area contributed by atoms with E-state index in [0.717, 1.165) is 24.5 Å². The molecule has 1 saturated heterocycles. The summed E-state index contributed by atoms with van der Waals surface area (Å²) >= 11 is 0. The highest BCUT2D eigenvalue weighted by Gasteiger charge is 2.23. The highest BCUT2D eigenvalue weighted by atomic mass is 16.2. The Morgan fingerprint density at radius 2 is 1.83 bits per heavy atom. The van der Waals surface area contributed by atoms with Gasteiger partial charge < -0.3 is 15.1 Å². The summed E-state index contributed by atoms with van der Waals surface area (Å²) < 4.78 is 0. The van der Waals surface area contributed by atoms with E-state index in [4.69, 9.17) is 0 Å². The molecular formula is C16H20N6O. The standard InChI is InChI=1S/C16H20N6O/c1-13(14-2-4-17-5-3-14)20-16(23)22-10-8-21(9-11-22)15-12-18-6-7-19-15/h2-7,12-13H,8-11H2,1H3,(H,20,23)/t13-/m1/s1. The second-order valence-electron chi connectivity index (χ2n) is 5.49. The fraction of sp³-hybridized carbons (Fsp3) is 0.375. The van der Waals surface area contributed by atoms with Gasteiger partial charge in [0.25, 0.3) is 0 Å². The first-order valence-corrected chi connectivity index (χ1v) is 7.70. The van der Waals surface area contributed by atoms with Crippen molar-refractivity contribution in [3.63, 3.8) is 0 Å². The van der Waals surface area contributed by atoms with Gasteiger partial charge in [0.05, 0.1) is 12.2 Å². The van der Waals surface area contributed by atoms with E-state index in [-0.39, 0.29) is 12.1 Å². The molecule has 1 aliphatic heterocycles. The zero-order valence-electron chi connectivity index (χ0n) is 13.1. The number of hydrogen-bond donors (Lipinski definition) is 1. The van der Waals surface area contributed by atoms with Crippen molar-refractivity contribution in [1.29, 1.82) is 0 Å². The first-order valence-electron chi connectivity index (χ1n) is 7.70. The number of aromatic nitrogens is 3. The summed E-state index contributed by atoms with van der Waals surface area (Å²) in [5.41, 5.74) is 1.05. The summed E-state index contributed by atoms with van der Waals surface area (Å²) in [5.74, 6) is 0.859. The Balaban J connectivity index is 1.52. The summed E-state index contributed by atoms with van der Waals surface area (Å²) in [7, 11) is 0. The number of amides is 2. The number of anilines is 1. The Morgan fingerprint density at radius 1 is 1.09 bits per heavy atom. The van der Waals surface area contributed by atoms with Crippen molar-refractivity contribution in [3.05, 3.63) is 48.7 Å². The number of nitrogens with one attached hydrogen (secondary N) is 1. The lowest BCUT2D eigenvalue weighted by Crippen LogP contribution is -2.52. The topological polar surface area (TPSA) is 74.2 Å². The maximum atomic E-state index is 12.4. The van der Waals surface area contributed by atoms with E-state index in [2.05, 4.69) is 25.2 Å².